The molecular weight excluding hydrogens is 308 g/mol. The molecule has 0 bridgehead atoms. The van der Waals surface area contributed by atoms with Crippen molar-refractivity contribution >= 4 is 21.7 Å². The number of nitrogens with one attached hydrogen (secondary N) is 1. The summed E-state index contributed by atoms with van der Waals surface area (Å²) in [4.78, 5) is 21.7. The zero-order valence-electron chi connectivity index (χ0n) is 11.0. The lowest BCUT2D eigenvalue weighted by Gasteiger charge is -2.13. The van der Waals surface area contributed by atoms with Gasteiger partial charge in [0.15, 0.2) is 9.84 Å². The van der Waals surface area contributed by atoms with Gasteiger partial charge in [0.05, 0.1) is 11.5 Å². The summed E-state index contributed by atoms with van der Waals surface area (Å²) in [6.45, 7) is 1.04. The molecule has 0 fully saturated rings. The van der Waals surface area contributed by atoms with Gasteiger partial charge in [0.2, 0.25) is 5.91 Å². The molecule has 0 saturated carbocycles. The molecule has 116 valence electrons. The molecule has 0 spiro atoms. The molecule has 9 heteroatoms. The Kier molecular flexibility index (Phi) is 5.36. The first-order valence-corrected chi connectivity index (χ1v) is 7.57. The third kappa shape index (κ3) is 5.46. The number of hydrogen-bond acceptors (Lipinski definition) is 4. The van der Waals surface area contributed by atoms with E-state index in [1.54, 1.807) is 0 Å². The molecule has 0 aliphatic rings. The van der Waals surface area contributed by atoms with E-state index in [1.165, 1.54) is 0 Å². The Balaban J connectivity index is 2.90. The van der Waals surface area contributed by atoms with Gasteiger partial charge >= 0.3 is 5.97 Å². The minimum Gasteiger partial charge on any atom is -0.480 e. The number of benzene rings is 1. The maximum Gasteiger partial charge on any atom is 0.327 e. The number of halogens is 2. The average molecular weight is 321 g/mol. The maximum absolute atomic E-state index is 13.4. The van der Waals surface area contributed by atoms with Crippen LogP contribution < -0.4 is 5.32 Å². The maximum atomic E-state index is 13.4. The molecule has 1 amide bonds. The van der Waals surface area contributed by atoms with Crippen molar-refractivity contribution in [1.82, 2.24) is 5.32 Å². The van der Waals surface area contributed by atoms with Crippen molar-refractivity contribution in [2.24, 2.45) is 0 Å². The van der Waals surface area contributed by atoms with Crippen LogP contribution in [0.5, 0.6) is 0 Å². The van der Waals surface area contributed by atoms with Crippen LogP contribution in [0.1, 0.15) is 12.5 Å². The van der Waals surface area contributed by atoms with Crippen molar-refractivity contribution in [3.05, 3.63) is 35.4 Å². The molecule has 2 N–H and O–H groups in total. The van der Waals surface area contributed by atoms with Crippen LogP contribution in [0, 0.1) is 11.6 Å². The third-order valence-electron chi connectivity index (χ3n) is 2.49. The van der Waals surface area contributed by atoms with E-state index in [4.69, 9.17) is 5.11 Å². The van der Waals surface area contributed by atoms with Crippen molar-refractivity contribution in [3.63, 3.8) is 0 Å². The van der Waals surface area contributed by atoms with Crippen LogP contribution in [-0.2, 0) is 25.2 Å². The molecule has 0 aliphatic carbocycles. The van der Waals surface area contributed by atoms with Crippen molar-refractivity contribution in [3.8, 4) is 0 Å². The molecular formula is C12H13F2NO5S. The first-order chi connectivity index (χ1) is 9.60. The van der Waals surface area contributed by atoms with Gasteiger partial charge in [0.25, 0.3) is 0 Å². The van der Waals surface area contributed by atoms with Crippen LogP contribution in [0.4, 0.5) is 8.78 Å². The highest BCUT2D eigenvalue weighted by molar-refractivity contribution is 7.90. The largest absolute Gasteiger partial charge is 0.480 e. The Hall–Kier alpha value is -2.03. The minimum absolute atomic E-state index is 0.275. The molecule has 6 nitrogen and oxygen atoms in total. The fourth-order valence-electron chi connectivity index (χ4n) is 1.61. The van der Waals surface area contributed by atoms with E-state index < -0.39 is 50.9 Å². The van der Waals surface area contributed by atoms with Gasteiger partial charge in [0.1, 0.15) is 17.7 Å². The summed E-state index contributed by atoms with van der Waals surface area (Å²) in [7, 11) is -4.02. The summed E-state index contributed by atoms with van der Waals surface area (Å²) in [5.41, 5.74) is -0.275. The van der Waals surface area contributed by atoms with Crippen molar-refractivity contribution in [2.75, 3.05) is 5.75 Å². The SMILES string of the molecule is CC(=O)NC(CS(=O)(=O)Cc1ccc(F)cc1F)C(=O)O. The normalized spacial score (nSPS) is 12.7. The second-order valence-electron chi connectivity index (χ2n) is 4.38. The van der Waals surface area contributed by atoms with Crippen LogP contribution in [0.2, 0.25) is 0 Å². The Labute approximate surface area is 119 Å². The van der Waals surface area contributed by atoms with E-state index in [1.807, 2.05) is 5.32 Å². The van der Waals surface area contributed by atoms with Crippen molar-refractivity contribution < 1.29 is 31.9 Å². The van der Waals surface area contributed by atoms with E-state index in [2.05, 4.69) is 0 Å². The van der Waals surface area contributed by atoms with Crippen molar-refractivity contribution in [1.29, 1.82) is 0 Å². The molecule has 1 unspecified atom stereocenters. The molecule has 0 aromatic heterocycles. The fourth-order valence-corrected chi connectivity index (χ4v) is 3.17. The molecule has 0 aliphatic heterocycles. The number of sulfone groups is 1. The molecule has 1 aromatic carbocycles. The number of rotatable bonds is 6. The third-order valence-corrected chi connectivity index (χ3v) is 4.08. The molecule has 1 rings (SSSR count). The van der Waals surface area contributed by atoms with Crippen LogP contribution in [-0.4, -0.2) is 37.2 Å². The molecule has 0 radical (unpaired) electrons. The molecule has 0 heterocycles. The Bertz CT molecular complexity index is 660. The average Bonchev–Trinajstić information content (AvgIpc) is 2.31. The lowest BCUT2D eigenvalue weighted by molar-refractivity contribution is -0.140. The van der Waals surface area contributed by atoms with Crippen LogP contribution >= 0.6 is 0 Å². The van der Waals surface area contributed by atoms with Gasteiger partial charge in [-0.25, -0.2) is 22.0 Å². The molecule has 21 heavy (non-hydrogen) atoms. The highest BCUT2D eigenvalue weighted by Crippen LogP contribution is 2.14. The van der Waals surface area contributed by atoms with Crippen LogP contribution in [0.25, 0.3) is 0 Å². The van der Waals surface area contributed by atoms with Gasteiger partial charge in [-0.1, -0.05) is 6.07 Å². The summed E-state index contributed by atoms with van der Waals surface area (Å²) in [5.74, 6) is -5.79. The van der Waals surface area contributed by atoms with Gasteiger partial charge in [0, 0.05) is 18.6 Å². The first-order valence-electron chi connectivity index (χ1n) is 5.75. The van der Waals surface area contributed by atoms with Crippen molar-refractivity contribution in [2.45, 2.75) is 18.7 Å². The fraction of sp³-hybridized carbons (Fsp3) is 0.333. The summed E-state index contributed by atoms with van der Waals surface area (Å²) in [6.07, 6.45) is 0. The van der Waals surface area contributed by atoms with Crippen LogP contribution in [0.15, 0.2) is 18.2 Å². The second-order valence-corrected chi connectivity index (χ2v) is 6.49. The number of carbonyl (C=O) groups excluding carboxylic acids is 1. The molecule has 1 aromatic rings. The second kappa shape index (κ2) is 6.61. The summed E-state index contributed by atoms with van der Waals surface area (Å²) < 4.78 is 49.8. The summed E-state index contributed by atoms with van der Waals surface area (Å²) >= 11 is 0. The number of hydrogen-bond donors (Lipinski definition) is 2. The monoisotopic (exact) mass is 321 g/mol. The molecule has 0 saturated heterocycles. The van der Waals surface area contributed by atoms with Gasteiger partial charge in [-0.2, -0.15) is 0 Å². The predicted molar refractivity (Wildman–Crippen MR) is 69.1 cm³/mol. The number of carboxylic acid groups (broad SMARTS) is 1. The smallest absolute Gasteiger partial charge is 0.327 e. The van der Waals surface area contributed by atoms with E-state index in [0.29, 0.717) is 6.07 Å². The van der Waals surface area contributed by atoms with Gasteiger partial charge in [-0.15, -0.1) is 0 Å². The number of amides is 1. The van der Waals surface area contributed by atoms with E-state index in [9.17, 15) is 26.8 Å². The predicted octanol–water partition coefficient (Wildman–Crippen LogP) is 0.469. The first kappa shape index (κ1) is 17.0. The van der Waals surface area contributed by atoms with E-state index >= 15 is 0 Å². The molecule has 1 atom stereocenters. The lowest BCUT2D eigenvalue weighted by atomic mass is 10.2. The zero-order chi connectivity index (χ0) is 16.2. The van der Waals surface area contributed by atoms with Gasteiger partial charge < -0.3 is 10.4 Å². The topological polar surface area (TPSA) is 101 Å². The van der Waals surface area contributed by atoms with Crippen LogP contribution in [0.3, 0.4) is 0 Å². The van der Waals surface area contributed by atoms with E-state index in [-0.39, 0.29) is 5.56 Å². The number of carboxylic acids is 1. The van der Waals surface area contributed by atoms with Gasteiger partial charge in [-0.3, -0.25) is 4.79 Å². The highest BCUT2D eigenvalue weighted by atomic mass is 32.2. The quantitative estimate of drug-likeness (QED) is 0.793. The summed E-state index contributed by atoms with van der Waals surface area (Å²) in [6, 6.07) is 0.774. The lowest BCUT2D eigenvalue weighted by Crippen LogP contribution is -2.44. The summed E-state index contributed by atoms with van der Waals surface area (Å²) in [5, 5.41) is 10.8. The highest BCUT2D eigenvalue weighted by Gasteiger charge is 2.27. The Morgan fingerprint density at radius 3 is 2.43 bits per heavy atom. The number of aliphatic carboxylic acids is 1. The Morgan fingerprint density at radius 2 is 1.95 bits per heavy atom. The zero-order valence-corrected chi connectivity index (χ0v) is 11.8. The number of carbonyl (C=O) groups is 2. The van der Waals surface area contributed by atoms with Gasteiger partial charge in [-0.05, 0) is 6.07 Å². The Morgan fingerprint density at radius 1 is 1.33 bits per heavy atom. The standard InChI is InChI=1S/C12H13F2NO5S/c1-7(16)15-11(12(17)18)6-21(19,20)5-8-2-3-9(13)4-10(8)14/h2-4,11H,5-6H2,1H3,(H,15,16)(H,17,18). The van der Waals surface area contributed by atoms with E-state index in [0.717, 1.165) is 19.1 Å². The minimum atomic E-state index is -4.02.